The van der Waals surface area contributed by atoms with E-state index in [-0.39, 0.29) is 18.6 Å². The molecule has 0 saturated carbocycles. The summed E-state index contributed by atoms with van der Waals surface area (Å²) in [4.78, 5) is 11.8. The Morgan fingerprint density at radius 1 is 1.44 bits per heavy atom. The van der Waals surface area contributed by atoms with Crippen molar-refractivity contribution in [3.8, 4) is 6.07 Å². The number of carbonyl (C=O) groups is 1. The van der Waals surface area contributed by atoms with E-state index in [2.05, 4.69) is 5.32 Å². The zero-order valence-corrected chi connectivity index (χ0v) is 10.5. The normalized spacial score (nSPS) is 11.6. The maximum absolute atomic E-state index is 11.8. The molecule has 1 rings (SSSR count). The first kappa shape index (κ1) is 14.2. The summed E-state index contributed by atoms with van der Waals surface area (Å²) in [7, 11) is 0. The molecule has 0 bridgehead atoms. The van der Waals surface area contributed by atoms with Crippen molar-refractivity contribution in [2.24, 2.45) is 0 Å². The van der Waals surface area contributed by atoms with Crippen LogP contribution in [0.15, 0.2) is 24.3 Å². The quantitative estimate of drug-likeness (QED) is 0.796. The molecule has 4 nitrogen and oxygen atoms in total. The maximum Gasteiger partial charge on any atom is 0.224 e. The minimum atomic E-state index is -0.0555. The molecule has 4 heteroatoms. The molecule has 1 atom stereocenters. The van der Waals surface area contributed by atoms with E-state index in [1.54, 1.807) is 24.3 Å². The van der Waals surface area contributed by atoms with E-state index in [0.29, 0.717) is 18.4 Å². The van der Waals surface area contributed by atoms with Crippen LogP contribution in [0.25, 0.3) is 0 Å². The van der Waals surface area contributed by atoms with Crippen LogP contribution < -0.4 is 5.32 Å². The van der Waals surface area contributed by atoms with Gasteiger partial charge in [-0.25, -0.2) is 0 Å². The van der Waals surface area contributed by atoms with Gasteiger partial charge in [0.25, 0.3) is 0 Å². The molecule has 96 valence electrons. The van der Waals surface area contributed by atoms with Gasteiger partial charge in [-0.2, -0.15) is 5.26 Å². The summed E-state index contributed by atoms with van der Waals surface area (Å²) < 4.78 is 0. The lowest BCUT2D eigenvalue weighted by Gasteiger charge is -2.15. The summed E-state index contributed by atoms with van der Waals surface area (Å²) in [6.07, 6.45) is 1.68. The summed E-state index contributed by atoms with van der Waals surface area (Å²) in [6, 6.07) is 9.04. The van der Waals surface area contributed by atoms with Gasteiger partial charge in [0.15, 0.2) is 0 Å². The first-order valence-electron chi connectivity index (χ1n) is 6.08. The Kier molecular flexibility index (Phi) is 5.89. The van der Waals surface area contributed by atoms with E-state index in [1.165, 1.54) is 0 Å². The van der Waals surface area contributed by atoms with Crippen molar-refractivity contribution in [3.63, 3.8) is 0 Å². The zero-order valence-electron chi connectivity index (χ0n) is 10.5. The van der Waals surface area contributed by atoms with Gasteiger partial charge in [-0.1, -0.05) is 19.1 Å². The smallest absolute Gasteiger partial charge is 0.224 e. The highest BCUT2D eigenvalue weighted by Gasteiger charge is 2.10. The van der Waals surface area contributed by atoms with Crippen LogP contribution in [0.3, 0.4) is 0 Å². The van der Waals surface area contributed by atoms with Crippen molar-refractivity contribution in [1.29, 1.82) is 5.26 Å². The standard InChI is InChI=1S/C14H18N2O2/c1-2-13(7-8-17)16-14(18)9-11-3-5-12(10-15)6-4-11/h3-6,13,17H,2,7-9H2,1H3,(H,16,18). The van der Waals surface area contributed by atoms with Crippen molar-refractivity contribution in [2.45, 2.75) is 32.2 Å². The predicted octanol–water partition coefficient (Wildman–Crippen LogP) is 1.38. The molecular formula is C14H18N2O2. The van der Waals surface area contributed by atoms with Crippen molar-refractivity contribution in [1.82, 2.24) is 5.32 Å². The number of nitriles is 1. The van der Waals surface area contributed by atoms with Crippen molar-refractivity contribution >= 4 is 5.91 Å². The summed E-state index contributed by atoms with van der Waals surface area (Å²) in [6.45, 7) is 2.05. The van der Waals surface area contributed by atoms with Gasteiger partial charge in [-0.15, -0.1) is 0 Å². The average Bonchev–Trinajstić information content (AvgIpc) is 2.39. The number of amides is 1. The second-order valence-electron chi connectivity index (χ2n) is 4.17. The molecule has 0 aromatic heterocycles. The van der Waals surface area contributed by atoms with E-state index in [0.717, 1.165) is 12.0 Å². The van der Waals surface area contributed by atoms with Gasteiger partial charge >= 0.3 is 0 Å². The fraction of sp³-hybridized carbons (Fsp3) is 0.429. The van der Waals surface area contributed by atoms with E-state index in [4.69, 9.17) is 10.4 Å². The summed E-state index contributed by atoms with van der Waals surface area (Å²) >= 11 is 0. The SMILES string of the molecule is CCC(CCO)NC(=O)Cc1ccc(C#N)cc1. The largest absolute Gasteiger partial charge is 0.396 e. The maximum atomic E-state index is 11.8. The Balaban J connectivity index is 2.50. The van der Waals surface area contributed by atoms with Crippen LogP contribution >= 0.6 is 0 Å². The molecule has 1 aromatic rings. The highest BCUT2D eigenvalue weighted by atomic mass is 16.3. The molecule has 0 spiro atoms. The van der Waals surface area contributed by atoms with Gasteiger partial charge in [-0.3, -0.25) is 4.79 Å². The Morgan fingerprint density at radius 2 is 2.11 bits per heavy atom. The highest BCUT2D eigenvalue weighted by molar-refractivity contribution is 5.78. The van der Waals surface area contributed by atoms with E-state index in [9.17, 15) is 4.79 Å². The molecule has 1 aromatic carbocycles. The molecule has 0 aliphatic rings. The van der Waals surface area contributed by atoms with Gasteiger partial charge in [-0.05, 0) is 30.5 Å². The monoisotopic (exact) mass is 246 g/mol. The Labute approximate surface area is 107 Å². The number of nitrogens with one attached hydrogen (secondary N) is 1. The molecule has 18 heavy (non-hydrogen) atoms. The van der Waals surface area contributed by atoms with Crippen LogP contribution in [0.2, 0.25) is 0 Å². The molecule has 1 amide bonds. The lowest BCUT2D eigenvalue weighted by Crippen LogP contribution is -2.36. The van der Waals surface area contributed by atoms with Crippen LogP contribution in [-0.4, -0.2) is 23.7 Å². The molecule has 2 N–H and O–H groups in total. The third-order valence-corrected chi connectivity index (χ3v) is 2.78. The van der Waals surface area contributed by atoms with E-state index >= 15 is 0 Å². The third kappa shape index (κ3) is 4.56. The summed E-state index contributed by atoms with van der Waals surface area (Å²) in [5, 5.41) is 20.4. The number of carbonyl (C=O) groups excluding carboxylic acids is 1. The van der Waals surface area contributed by atoms with Crippen molar-refractivity contribution in [2.75, 3.05) is 6.61 Å². The number of hydrogen-bond acceptors (Lipinski definition) is 3. The number of benzene rings is 1. The summed E-state index contributed by atoms with van der Waals surface area (Å²) in [5.41, 5.74) is 1.47. The van der Waals surface area contributed by atoms with Gasteiger partial charge < -0.3 is 10.4 Å². The number of aliphatic hydroxyl groups is 1. The number of rotatable bonds is 6. The van der Waals surface area contributed by atoms with Crippen LogP contribution in [0.5, 0.6) is 0 Å². The first-order valence-corrected chi connectivity index (χ1v) is 6.08. The molecule has 0 aliphatic heterocycles. The second kappa shape index (κ2) is 7.46. The number of aliphatic hydroxyl groups excluding tert-OH is 1. The van der Waals surface area contributed by atoms with Gasteiger partial charge in [0, 0.05) is 12.6 Å². The molecular weight excluding hydrogens is 228 g/mol. The van der Waals surface area contributed by atoms with Gasteiger partial charge in [0.2, 0.25) is 5.91 Å². The first-order chi connectivity index (χ1) is 8.69. The Hall–Kier alpha value is -1.86. The molecule has 0 heterocycles. The van der Waals surface area contributed by atoms with Gasteiger partial charge in [0.05, 0.1) is 18.1 Å². The zero-order chi connectivity index (χ0) is 13.4. The second-order valence-corrected chi connectivity index (χ2v) is 4.17. The minimum absolute atomic E-state index is 0.0286. The lowest BCUT2D eigenvalue weighted by molar-refractivity contribution is -0.121. The third-order valence-electron chi connectivity index (χ3n) is 2.78. The van der Waals surface area contributed by atoms with Gasteiger partial charge in [0.1, 0.15) is 0 Å². The topological polar surface area (TPSA) is 73.1 Å². The minimum Gasteiger partial charge on any atom is -0.396 e. The highest BCUT2D eigenvalue weighted by Crippen LogP contribution is 2.05. The Bertz CT molecular complexity index is 420. The predicted molar refractivity (Wildman–Crippen MR) is 68.8 cm³/mol. The van der Waals surface area contributed by atoms with Crippen LogP contribution in [-0.2, 0) is 11.2 Å². The lowest BCUT2D eigenvalue weighted by atomic mass is 10.1. The Morgan fingerprint density at radius 3 is 2.61 bits per heavy atom. The number of nitrogens with zero attached hydrogens (tertiary/aromatic N) is 1. The fourth-order valence-electron chi connectivity index (χ4n) is 1.70. The van der Waals surface area contributed by atoms with Crippen LogP contribution in [0.1, 0.15) is 30.9 Å². The fourth-order valence-corrected chi connectivity index (χ4v) is 1.70. The average molecular weight is 246 g/mol. The van der Waals surface area contributed by atoms with Crippen molar-refractivity contribution in [3.05, 3.63) is 35.4 Å². The molecule has 1 unspecified atom stereocenters. The molecule has 0 saturated heterocycles. The molecule has 0 radical (unpaired) electrons. The van der Waals surface area contributed by atoms with Crippen LogP contribution in [0.4, 0.5) is 0 Å². The number of hydrogen-bond donors (Lipinski definition) is 2. The van der Waals surface area contributed by atoms with E-state index < -0.39 is 0 Å². The molecule has 0 fully saturated rings. The summed E-state index contributed by atoms with van der Waals surface area (Å²) in [5.74, 6) is -0.0555. The van der Waals surface area contributed by atoms with Crippen LogP contribution in [0, 0.1) is 11.3 Å². The molecule has 0 aliphatic carbocycles. The van der Waals surface area contributed by atoms with Crippen molar-refractivity contribution < 1.29 is 9.90 Å². The van der Waals surface area contributed by atoms with E-state index in [1.807, 2.05) is 13.0 Å².